The zero-order chi connectivity index (χ0) is 12.3. The minimum Gasteiger partial charge on any atom is -0.382 e. The monoisotopic (exact) mass is 233 g/mol. The Morgan fingerprint density at radius 1 is 1.41 bits per heavy atom. The fourth-order valence-corrected chi connectivity index (χ4v) is 2.86. The van der Waals surface area contributed by atoms with Crippen molar-refractivity contribution in [3.8, 4) is 0 Å². The van der Waals surface area contributed by atoms with Crippen molar-refractivity contribution in [1.29, 1.82) is 0 Å². The Kier molecular flexibility index (Phi) is 4.19. The summed E-state index contributed by atoms with van der Waals surface area (Å²) in [6.45, 7) is 2.13. The van der Waals surface area contributed by atoms with E-state index in [1.807, 2.05) is 0 Å². The SMILES string of the molecule is COC(C)CC1CCCc2ccccc2C1N. The summed E-state index contributed by atoms with van der Waals surface area (Å²) in [6, 6.07) is 8.80. The molecule has 0 bridgehead atoms. The molecule has 0 radical (unpaired) electrons. The summed E-state index contributed by atoms with van der Waals surface area (Å²) >= 11 is 0. The zero-order valence-electron chi connectivity index (χ0n) is 10.9. The third-order valence-corrected chi connectivity index (χ3v) is 3.98. The molecule has 0 aliphatic heterocycles. The number of hydrogen-bond donors (Lipinski definition) is 1. The lowest BCUT2D eigenvalue weighted by Crippen LogP contribution is -2.24. The van der Waals surface area contributed by atoms with E-state index in [1.54, 1.807) is 7.11 Å². The predicted molar refractivity (Wildman–Crippen MR) is 70.9 cm³/mol. The van der Waals surface area contributed by atoms with Crippen LogP contribution in [0.15, 0.2) is 24.3 Å². The Morgan fingerprint density at radius 3 is 2.94 bits per heavy atom. The van der Waals surface area contributed by atoms with Gasteiger partial charge in [0.1, 0.15) is 0 Å². The van der Waals surface area contributed by atoms with Crippen molar-refractivity contribution in [2.24, 2.45) is 11.7 Å². The fraction of sp³-hybridized carbons (Fsp3) is 0.600. The van der Waals surface area contributed by atoms with Gasteiger partial charge < -0.3 is 10.5 Å². The number of hydrogen-bond acceptors (Lipinski definition) is 2. The number of methoxy groups -OCH3 is 1. The van der Waals surface area contributed by atoms with Gasteiger partial charge in [0.25, 0.3) is 0 Å². The molecular formula is C15H23NO. The van der Waals surface area contributed by atoms with Crippen molar-refractivity contribution in [1.82, 2.24) is 0 Å². The summed E-state index contributed by atoms with van der Waals surface area (Å²) in [5.74, 6) is 0.550. The van der Waals surface area contributed by atoms with Gasteiger partial charge in [-0.3, -0.25) is 0 Å². The largest absolute Gasteiger partial charge is 0.382 e. The molecule has 2 rings (SSSR count). The number of fused-ring (bicyclic) bond motifs is 1. The summed E-state index contributed by atoms with van der Waals surface area (Å²) in [5, 5.41) is 0. The summed E-state index contributed by atoms with van der Waals surface area (Å²) < 4.78 is 5.37. The quantitative estimate of drug-likeness (QED) is 0.814. The molecule has 0 aromatic heterocycles. The second-order valence-corrected chi connectivity index (χ2v) is 5.16. The van der Waals surface area contributed by atoms with Gasteiger partial charge in [0, 0.05) is 13.2 Å². The molecule has 0 amide bonds. The Morgan fingerprint density at radius 2 is 2.18 bits per heavy atom. The van der Waals surface area contributed by atoms with Gasteiger partial charge in [0.15, 0.2) is 0 Å². The first-order valence-electron chi connectivity index (χ1n) is 6.58. The average Bonchev–Trinajstić information content (AvgIpc) is 2.51. The Bertz CT molecular complexity index is 364. The van der Waals surface area contributed by atoms with E-state index in [9.17, 15) is 0 Å². The first-order valence-corrected chi connectivity index (χ1v) is 6.58. The summed E-state index contributed by atoms with van der Waals surface area (Å²) in [7, 11) is 1.78. The smallest absolute Gasteiger partial charge is 0.0546 e. The second kappa shape index (κ2) is 5.65. The van der Waals surface area contributed by atoms with Crippen LogP contribution in [0.3, 0.4) is 0 Å². The molecule has 17 heavy (non-hydrogen) atoms. The van der Waals surface area contributed by atoms with Crippen LogP contribution < -0.4 is 5.73 Å². The zero-order valence-corrected chi connectivity index (χ0v) is 10.9. The maximum absolute atomic E-state index is 6.44. The standard InChI is InChI=1S/C15H23NO/c1-11(17-2)10-13-8-5-7-12-6-3-4-9-14(12)15(13)16/h3-4,6,9,11,13,15H,5,7-8,10,16H2,1-2H3. The lowest BCUT2D eigenvalue weighted by molar-refractivity contribution is 0.0887. The minimum absolute atomic E-state index is 0.172. The Labute approximate surface area is 104 Å². The van der Waals surface area contributed by atoms with Crippen LogP contribution in [0, 0.1) is 5.92 Å². The number of ether oxygens (including phenoxy) is 1. The van der Waals surface area contributed by atoms with Gasteiger partial charge in [-0.25, -0.2) is 0 Å². The van der Waals surface area contributed by atoms with E-state index in [-0.39, 0.29) is 6.04 Å². The van der Waals surface area contributed by atoms with E-state index in [0.29, 0.717) is 12.0 Å². The van der Waals surface area contributed by atoms with Crippen LogP contribution in [0.5, 0.6) is 0 Å². The number of aryl methyl sites for hydroxylation is 1. The highest BCUT2D eigenvalue weighted by molar-refractivity contribution is 5.31. The van der Waals surface area contributed by atoms with Gasteiger partial charge in [-0.15, -0.1) is 0 Å². The lowest BCUT2D eigenvalue weighted by atomic mass is 9.87. The van der Waals surface area contributed by atoms with Crippen molar-refractivity contribution in [3.05, 3.63) is 35.4 Å². The van der Waals surface area contributed by atoms with E-state index in [4.69, 9.17) is 10.5 Å². The van der Waals surface area contributed by atoms with Gasteiger partial charge in [-0.05, 0) is 49.7 Å². The lowest BCUT2D eigenvalue weighted by Gasteiger charge is -2.25. The normalized spacial score (nSPS) is 26.1. The molecule has 0 saturated carbocycles. The van der Waals surface area contributed by atoms with Crippen molar-refractivity contribution < 1.29 is 4.74 Å². The maximum Gasteiger partial charge on any atom is 0.0546 e. The summed E-state index contributed by atoms with van der Waals surface area (Å²) in [5.41, 5.74) is 9.22. The Hall–Kier alpha value is -0.860. The van der Waals surface area contributed by atoms with E-state index in [1.165, 1.54) is 30.4 Å². The van der Waals surface area contributed by atoms with Crippen LogP contribution in [-0.2, 0) is 11.2 Å². The van der Waals surface area contributed by atoms with Crippen LogP contribution in [0.25, 0.3) is 0 Å². The van der Waals surface area contributed by atoms with Crippen LogP contribution in [0.4, 0.5) is 0 Å². The van der Waals surface area contributed by atoms with Crippen LogP contribution in [0.2, 0.25) is 0 Å². The number of benzene rings is 1. The highest BCUT2D eigenvalue weighted by atomic mass is 16.5. The predicted octanol–water partition coefficient (Wildman–Crippen LogP) is 3.06. The first-order chi connectivity index (χ1) is 8.22. The van der Waals surface area contributed by atoms with Gasteiger partial charge >= 0.3 is 0 Å². The summed E-state index contributed by atoms with van der Waals surface area (Å²) in [6.07, 6.45) is 4.99. The van der Waals surface area contributed by atoms with Crippen molar-refractivity contribution in [2.45, 2.75) is 44.8 Å². The van der Waals surface area contributed by atoms with Gasteiger partial charge in [-0.1, -0.05) is 24.3 Å². The van der Waals surface area contributed by atoms with E-state index >= 15 is 0 Å². The molecule has 1 aliphatic carbocycles. The van der Waals surface area contributed by atoms with E-state index in [0.717, 1.165) is 6.42 Å². The van der Waals surface area contributed by atoms with Gasteiger partial charge in [-0.2, -0.15) is 0 Å². The minimum atomic E-state index is 0.172. The summed E-state index contributed by atoms with van der Waals surface area (Å²) in [4.78, 5) is 0. The average molecular weight is 233 g/mol. The second-order valence-electron chi connectivity index (χ2n) is 5.16. The van der Waals surface area contributed by atoms with Gasteiger partial charge in [0.05, 0.1) is 6.10 Å². The van der Waals surface area contributed by atoms with Crippen molar-refractivity contribution >= 4 is 0 Å². The molecule has 0 spiro atoms. The van der Waals surface area contributed by atoms with Crippen molar-refractivity contribution in [2.75, 3.05) is 7.11 Å². The highest BCUT2D eigenvalue weighted by Crippen LogP contribution is 2.34. The van der Waals surface area contributed by atoms with Crippen LogP contribution in [-0.4, -0.2) is 13.2 Å². The molecule has 1 aromatic carbocycles. The Balaban J connectivity index is 2.17. The molecule has 3 atom stereocenters. The molecule has 94 valence electrons. The molecule has 1 aliphatic rings. The maximum atomic E-state index is 6.44. The molecule has 0 fully saturated rings. The van der Waals surface area contributed by atoms with Crippen LogP contribution in [0.1, 0.15) is 43.4 Å². The van der Waals surface area contributed by atoms with Crippen LogP contribution >= 0.6 is 0 Å². The first kappa shape index (κ1) is 12.6. The highest BCUT2D eigenvalue weighted by Gasteiger charge is 2.25. The molecule has 0 heterocycles. The molecule has 0 saturated heterocycles. The van der Waals surface area contributed by atoms with E-state index < -0.39 is 0 Å². The molecular weight excluding hydrogens is 210 g/mol. The number of nitrogens with two attached hydrogens (primary N) is 1. The fourth-order valence-electron chi connectivity index (χ4n) is 2.86. The molecule has 2 heteroatoms. The van der Waals surface area contributed by atoms with E-state index in [2.05, 4.69) is 31.2 Å². The topological polar surface area (TPSA) is 35.2 Å². The number of rotatable bonds is 3. The third-order valence-electron chi connectivity index (χ3n) is 3.98. The molecule has 1 aromatic rings. The van der Waals surface area contributed by atoms with Crippen molar-refractivity contribution in [3.63, 3.8) is 0 Å². The molecule has 2 nitrogen and oxygen atoms in total. The van der Waals surface area contributed by atoms with Gasteiger partial charge in [0.2, 0.25) is 0 Å². The molecule has 3 unspecified atom stereocenters. The third kappa shape index (κ3) is 2.88. The molecule has 2 N–H and O–H groups in total.